The zero-order valence-corrected chi connectivity index (χ0v) is 11.9. The molecule has 0 aromatic carbocycles. The molecule has 0 fully saturated rings. The summed E-state index contributed by atoms with van der Waals surface area (Å²) in [6.45, 7) is 1.66. The van der Waals surface area contributed by atoms with Crippen molar-refractivity contribution in [1.82, 2.24) is 4.98 Å². The van der Waals surface area contributed by atoms with Gasteiger partial charge in [-0.1, -0.05) is 0 Å². The van der Waals surface area contributed by atoms with E-state index < -0.39 is 35.1 Å². The highest BCUT2D eigenvalue weighted by Gasteiger charge is 2.25. The second-order valence-corrected chi connectivity index (χ2v) is 4.53. The highest BCUT2D eigenvalue weighted by atomic mass is 127. The first-order chi connectivity index (χ1) is 8.86. The normalized spacial score (nSPS) is 10.6. The first-order valence-electron chi connectivity index (χ1n) is 5.14. The van der Waals surface area contributed by atoms with Gasteiger partial charge in [0.05, 0.1) is 21.5 Å². The average molecular weight is 386 g/mol. The molecule has 0 aliphatic heterocycles. The molecule has 0 spiro atoms. The highest BCUT2D eigenvalue weighted by Crippen LogP contribution is 2.29. The molecule has 0 unspecified atom stereocenters. The van der Waals surface area contributed by atoms with Gasteiger partial charge in [0.1, 0.15) is 11.4 Å². The molecule has 1 heterocycles. The summed E-state index contributed by atoms with van der Waals surface area (Å²) in [4.78, 5) is 24.9. The molecule has 19 heavy (non-hydrogen) atoms. The Hall–Kier alpha value is -1.39. The molecule has 0 N–H and O–H groups in total. The van der Waals surface area contributed by atoms with Crippen LogP contribution in [0.5, 0.6) is 0 Å². The molecule has 1 aromatic rings. The molecule has 0 saturated heterocycles. The number of pyridine rings is 1. The molecule has 0 aliphatic carbocycles. The van der Waals surface area contributed by atoms with Crippen molar-refractivity contribution in [3.63, 3.8) is 0 Å². The highest BCUT2D eigenvalue weighted by molar-refractivity contribution is 14.1. The number of nitro groups is 1. The largest absolute Gasteiger partial charge is 0.466 e. The molecular weight excluding hydrogens is 377 g/mol. The van der Waals surface area contributed by atoms with Crippen molar-refractivity contribution in [3.8, 4) is 0 Å². The third-order valence-electron chi connectivity index (χ3n) is 2.06. The monoisotopic (exact) mass is 386 g/mol. The van der Waals surface area contributed by atoms with E-state index >= 15 is 0 Å². The molecule has 9 heteroatoms. The van der Waals surface area contributed by atoms with E-state index in [-0.39, 0.29) is 15.9 Å². The lowest BCUT2D eigenvalue weighted by Gasteiger charge is -2.07. The van der Waals surface area contributed by atoms with Gasteiger partial charge in [0, 0.05) is 0 Å². The maximum atomic E-state index is 12.6. The quantitative estimate of drug-likeness (QED) is 0.336. The summed E-state index contributed by atoms with van der Waals surface area (Å²) in [5.41, 5.74) is -1.36. The second-order valence-electron chi connectivity index (χ2n) is 3.36. The maximum Gasteiger partial charge on any atom is 0.312 e. The molecule has 0 bridgehead atoms. The van der Waals surface area contributed by atoms with E-state index in [1.54, 1.807) is 29.5 Å². The van der Waals surface area contributed by atoms with Crippen LogP contribution in [0, 0.1) is 13.7 Å². The van der Waals surface area contributed by atoms with Crippen LogP contribution in [-0.2, 0) is 16.0 Å². The van der Waals surface area contributed by atoms with Gasteiger partial charge in [0.25, 0.3) is 6.43 Å². The number of ether oxygens (including phenoxy) is 1. The maximum absolute atomic E-state index is 12.6. The van der Waals surface area contributed by atoms with Crippen LogP contribution >= 0.6 is 22.6 Å². The summed E-state index contributed by atoms with van der Waals surface area (Å²) >= 11 is 1.56. The van der Waals surface area contributed by atoms with Crippen LogP contribution in [0.4, 0.5) is 14.5 Å². The minimum atomic E-state index is -2.87. The number of rotatable bonds is 5. The Bertz CT molecular complexity index is 511. The predicted molar refractivity (Wildman–Crippen MR) is 68.9 cm³/mol. The van der Waals surface area contributed by atoms with E-state index in [1.807, 2.05) is 0 Å². The summed E-state index contributed by atoms with van der Waals surface area (Å²) < 4.78 is 29.8. The Kier molecular flexibility index (Phi) is 5.51. The van der Waals surface area contributed by atoms with Crippen LogP contribution in [0.25, 0.3) is 0 Å². The second kappa shape index (κ2) is 6.68. The summed E-state index contributed by atoms with van der Waals surface area (Å²) in [5.74, 6) is -0.750. The lowest BCUT2D eigenvalue weighted by molar-refractivity contribution is -0.386. The van der Waals surface area contributed by atoms with Crippen LogP contribution in [0.1, 0.15) is 24.7 Å². The lowest BCUT2D eigenvalue weighted by Crippen LogP contribution is -2.12. The molecule has 0 aliphatic rings. The third kappa shape index (κ3) is 4.04. The van der Waals surface area contributed by atoms with Crippen molar-refractivity contribution >= 4 is 34.2 Å². The standard InChI is InChI=1S/C10H9F2IN2O4/c1-2-19-8(16)4-6-9(15(17)18)5(13)3-7(14-6)10(11)12/h3,10H,2,4H2,1H3. The first-order valence-corrected chi connectivity index (χ1v) is 6.22. The van der Waals surface area contributed by atoms with Gasteiger partial charge in [-0.15, -0.1) is 0 Å². The fourth-order valence-corrected chi connectivity index (χ4v) is 2.18. The minimum Gasteiger partial charge on any atom is -0.466 e. The third-order valence-corrected chi connectivity index (χ3v) is 2.88. The smallest absolute Gasteiger partial charge is 0.312 e. The molecule has 104 valence electrons. The number of alkyl halides is 2. The number of halogens is 3. The fourth-order valence-electron chi connectivity index (χ4n) is 1.35. The molecule has 1 rings (SSSR count). The zero-order chi connectivity index (χ0) is 14.6. The number of hydrogen-bond donors (Lipinski definition) is 0. The number of aromatic nitrogens is 1. The fraction of sp³-hybridized carbons (Fsp3) is 0.400. The average Bonchev–Trinajstić information content (AvgIpc) is 2.27. The van der Waals surface area contributed by atoms with E-state index in [2.05, 4.69) is 9.72 Å². The Labute approximate surface area is 120 Å². The SMILES string of the molecule is CCOC(=O)Cc1nc(C(F)F)cc(I)c1[N+](=O)[O-]. The molecule has 0 radical (unpaired) electrons. The number of nitrogens with zero attached hydrogens (tertiary/aromatic N) is 2. The topological polar surface area (TPSA) is 82.3 Å². The number of hydrogen-bond acceptors (Lipinski definition) is 5. The lowest BCUT2D eigenvalue weighted by atomic mass is 10.2. The summed E-state index contributed by atoms with van der Waals surface area (Å²) in [6.07, 6.45) is -3.38. The Balaban J connectivity index is 3.24. The van der Waals surface area contributed by atoms with Crippen LogP contribution in [0.2, 0.25) is 0 Å². The number of esters is 1. The van der Waals surface area contributed by atoms with Crippen LogP contribution in [0.15, 0.2) is 6.07 Å². The summed E-state index contributed by atoms with van der Waals surface area (Å²) in [5, 5.41) is 10.9. The number of carbonyl (C=O) groups excluding carboxylic acids is 1. The van der Waals surface area contributed by atoms with Crippen molar-refractivity contribution in [2.24, 2.45) is 0 Å². The van der Waals surface area contributed by atoms with Crippen LogP contribution in [0.3, 0.4) is 0 Å². The minimum absolute atomic E-state index is 0.00667. The van der Waals surface area contributed by atoms with E-state index in [0.29, 0.717) is 0 Å². The van der Waals surface area contributed by atoms with Crippen molar-refractivity contribution < 1.29 is 23.2 Å². The van der Waals surface area contributed by atoms with Crippen molar-refractivity contribution in [2.45, 2.75) is 19.8 Å². The van der Waals surface area contributed by atoms with Gasteiger partial charge in [-0.2, -0.15) is 0 Å². The van der Waals surface area contributed by atoms with Crippen molar-refractivity contribution in [3.05, 3.63) is 31.1 Å². The summed E-state index contributed by atoms with van der Waals surface area (Å²) in [6, 6.07) is 0.929. The van der Waals surface area contributed by atoms with Gasteiger partial charge >= 0.3 is 11.7 Å². The van der Waals surface area contributed by atoms with Gasteiger partial charge in [-0.25, -0.2) is 13.8 Å². The molecule has 0 saturated carbocycles. The first kappa shape index (κ1) is 15.7. The van der Waals surface area contributed by atoms with E-state index in [0.717, 1.165) is 6.07 Å². The molecule has 1 aromatic heterocycles. The van der Waals surface area contributed by atoms with Gasteiger partial charge in [0.2, 0.25) is 0 Å². The van der Waals surface area contributed by atoms with Crippen molar-refractivity contribution in [1.29, 1.82) is 0 Å². The van der Waals surface area contributed by atoms with Gasteiger partial charge in [0.15, 0.2) is 0 Å². The molecular formula is C10H9F2IN2O4. The molecule has 0 atom stereocenters. The van der Waals surface area contributed by atoms with Crippen LogP contribution < -0.4 is 0 Å². The van der Waals surface area contributed by atoms with Crippen LogP contribution in [-0.4, -0.2) is 22.5 Å². The predicted octanol–water partition coefficient (Wildman–Crippen LogP) is 2.64. The van der Waals surface area contributed by atoms with E-state index in [9.17, 15) is 23.7 Å². The Morgan fingerprint density at radius 3 is 2.74 bits per heavy atom. The van der Waals surface area contributed by atoms with Gasteiger partial charge < -0.3 is 4.74 Å². The van der Waals surface area contributed by atoms with E-state index in [1.165, 1.54) is 0 Å². The molecule has 0 amide bonds. The Morgan fingerprint density at radius 2 is 2.26 bits per heavy atom. The summed E-state index contributed by atoms with van der Waals surface area (Å²) in [7, 11) is 0. The van der Waals surface area contributed by atoms with Crippen molar-refractivity contribution in [2.75, 3.05) is 6.61 Å². The Morgan fingerprint density at radius 1 is 1.63 bits per heavy atom. The number of carbonyl (C=O) groups is 1. The zero-order valence-electron chi connectivity index (χ0n) is 9.73. The van der Waals surface area contributed by atoms with E-state index in [4.69, 9.17) is 0 Å². The molecule has 6 nitrogen and oxygen atoms in total. The van der Waals surface area contributed by atoms with Gasteiger partial charge in [-0.3, -0.25) is 14.9 Å². The van der Waals surface area contributed by atoms with Gasteiger partial charge in [-0.05, 0) is 35.6 Å².